The minimum atomic E-state index is -0.507. The van der Waals surface area contributed by atoms with Gasteiger partial charge in [0.15, 0.2) is 0 Å². The predicted octanol–water partition coefficient (Wildman–Crippen LogP) is 3.67. The molecule has 0 radical (unpaired) electrons. The van der Waals surface area contributed by atoms with E-state index in [1.54, 1.807) is 6.92 Å². The van der Waals surface area contributed by atoms with Crippen LogP contribution < -0.4 is 4.74 Å². The molecule has 100 valence electrons. The highest BCUT2D eigenvalue weighted by molar-refractivity contribution is 5.38. The second-order valence-electron chi connectivity index (χ2n) is 4.80. The monoisotopic (exact) mass is 256 g/mol. The van der Waals surface area contributed by atoms with Crippen molar-refractivity contribution in [2.45, 2.75) is 26.4 Å². The summed E-state index contributed by atoms with van der Waals surface area (Å²) in [5, 5.41) is 9.73. The molecule has 0 aliphatic rings. The zero-order valence-electron chi connectivity index (χ0n) is 11.5. The first-order chi connectivity index (χ1) is 9.16. The van der Waals surface area contributed by atoms with Crippen LogP contribution >= 0.6 is 0 Å². The fraction of sp³-hybridized carbons (Fsp3) is 0.294. The SMILES string of the molecule is Cc1ccc([C@@H](C)O)c(OCCc2ccccc2)c1. The van der Waals surface area contributed by atoms with Gasteiger partial charge < -0.3 is 9.84 Å². The van der Waals surface area contributed by atoms with Crippen molar-refractivity contribution in [3.63, 3.8) is 0 Å². The van der Waals surface area contributed by atoms with Crippen molar-refractivity contribution < 1.29 is 9.84 Å². The molecular weight excluding hydrogens is 236 g/mol. The molecule has 0 amide bonds. The molecule has 0 saturated heterocycles. The van der Waals surface area contributed by atoms with Gasteiger partial charge in [-0.2, -0.15) is 0 Å². The van der Waals surface area contributed by atoms with Gasteiger partial charge in [-0.1, -0.05) is 42.5 Å². The molecule has 2 aromatic carbocycles. The number of benzene rings is 2. The molecule has 1 atom stereocenters. The summed E-state index contributed by atoms with van der Waals surface area (Å²) in [4.78, 5) is 0. The minimum absolute atomic E-state index is 0.507. The first-order valence-electron chi connectivity index (χ1n) is 6.62. The Morgan fingerprint density at radius 2 is 1.84 bits per heavy atom. The van der Waals surface area contributed by atoms with Gasteiger partial charge in [-0.3, -0.25) is 0 Å². The Morgan fingerprint density at radius 3 is 2.53 bits per heavy atom. The Balaban J connectivity index is 2.01. The fourth-order valence-corrected chi connectivity index (χ4v) is 2.04. The normalized spacial score (nSPS) is 12.2. The average molecular weight is 256 g/mol. The lowest BCUT2D eigenvalue weighted by atomic mass is 10.1. The summed E-state index contributed by atoms with van der Waals surface area (Å²) in [6.07, 6.45) is 0.362. The summed E-state index contributed by atoms with van der Waals surface area (Å²) >= 11 is 0. The maximum atomic E-state index is 9.73. The fourth-order valence-electron chi connectivity index (χ4n) is 2.04. The lowest BCUT2D eigenvalue weighted by Crippen LogP contribution is -2.05. The molecule has 0 fully saturated rings. The Morgan fingerprint density at radius 1 is 1.11 bits per heavy atom. The van der Waals surface area contributed by atoms with Crippen LogP contribution in [0.4, 0.5) is 0 Å². The van der Waals surface area contributed by atoms with Crippen LogP contribution in [0.25, 0.3) is 0 Å². The average Bonchev–Trinajstić information content (AvgIpc) is 2.39. The summed E-state index contributed by atoms with van der Waals surface area (Å²) in [6, 6.07) is 16.2. The predicted molar refractivity (Wildman–Crippen MR) is 77.5 cm³/mol. The Labute approximate surface area is 114 Å². The second kappa shape index (κ2) is 6.39. The number of aryl methyl sites for hydroxylation is 1. The van der Waals surface area contributed by atoms with E-state index in [2.05, 4.69) is 12.1 Å². The summed E-state index contributed by atoms with van der Waals surface area (Å²) in [7, 11) is 0. The topological polar surface area (TPSA) is 29.5 Å². The molecule has 19 heavy (non-hydrogen) atoms. The summed E-state index contributed by atoms with van der Waals surface area (Å²) in [5.74, 6) is 0.783. The van der Waals surface area contributed by atoms with Gasteiger partial charge in [0.2, 0.25) is 0 Å². The summed E-state index contributed by atoms with van der Waals surface area (Å²) < 4.78 is 5.82. The third-order valence-electron chi connectivity index (χ3n) is 3.11. The molecule has 0 aliphatic carbocycles. The van der Waals surface area contributed by atoms with Crippen molar-refractivity contribution in [1.82, 2.24) is 0 Å². The van der Waals surface area contributed by atoms with E-state index in [1.807, 2.05) is 43.3 Å². The molecule has 2 rings (SSSR count). The van der Waals surface area contributed by atoms with E-state index in [0.29, 0.717) is 6.61 Å². The van der Waals surface area contributed by atoms with Crippen molar-refractivity contribution in [3.8, 4) is 5.75 Å². The molecule has 0 aromatic heterocycles. The smallest absolute Gasteiger partial charge is 0.125 e. The maximum absolute atomic E-state index is 9.73. The quantitative estimate of drug-likeness (QED) is 0.884. The van der Waals surface area contributed by atoms with E-state index in [0.717, 1.165) is 23.3 Å². The molecule has 2 heteroatoms. The number of hydrogen-bond donors (Lipinski definition) is 1. The van der Waals surface area contributed by atoms with E-state index in [4.69, 9.17) is 4.74 Å². The third kappa shape index (κ3) is 3.83. The van der Waals surface area contributed by atoms with Crippen LogP contribution in [0, 0.1) is 6.92 Å². The van der Waals surface area contributed by atoms with E-state index >= 15 is 0 Å². The highest BCUT2D eigenvalue weighted by Crippen LogP contribution is 2.26. The van der Waals surface area contributed by atoms with Crippen molar-refractivity contribution in [1.29, 1.82) is 0 Å². The van der Waals surface area contributed by atoms with Gasteiger partial charge in [0, 0.05) is 12.0 Å². The van der Waals surface area contributed by atoms with Crippen molar-refractivity contribution in [2.75, 3.05) is 6.61 Å². The second-order valence-corrected chi connectivity index (χ2v) is 4.80. The van der Waals surface area contributed by atoms with Crippen LogP contribution in [0.15, 0.2) is 48.5 Å². The first kappa shape index (κ1) is 13.6. The van der Waals surface area contributed by atoms with Crippen molar-refractivity contribution in [3.05, 3.63) is 65.2 Å². The lowest BCUT2D eigenvalue weighted by Gasteiger charge is -2.14. The van der Waals surface area contributed by atoms with Crippen LogP contribution in [0.1, 0.15) is 29.7 Å². The molecule has 0 unspecified atom stereocenters. The molecule has 0 spiro atoms. The van der Waals surface area contributed by atoms with Gasteiger partial charge in [0.05, 0.1) is 12.7 Å². The largest absolute Gasteiger partial charge is 0.493 e. The maximum Gasteiger partial charge on any atom is 0.125 e. The van der Waals surface area contributed by atoms with Gasteiger partial charge in [0.25, 0.3) is 0 Å². The molecule has 0 aliphatic heterocycles. The molecule has 0 saturated carbocycles. The zero-order chi connectivity index (χ0) is 13.7. The van der Waals surface area contributed by atoms with Crippen LogP contribution in [0.3, 0.4) is 0 Å². The zero-order valence-corrected chi connectivity index (χ0v) is 11.5. The summed E-state index contributed by atoms with van der Waals surface area (Å²) in [6.45, 7) is 4.40. The van der Waals surface area contributed by atoms with Crippen LogP contribution in [-0.4, -0.2) is 11.7 Å². The van der Waals surface area contributed by atoms with Crippen LogP contribution in [0.5, 0.6) is 5.75 Å². The number of aliphatic hydroxyl groups excluding tert-OH is 1. The molecule has 0 heterocycles. The minimum Gasteiger partial charge on any atom is -0.493 e. The molecule has 1 N–H and O–H groups in total. The molecule has 0 bridgehead atoms. The van der Waals surface area contributed by atoms with Crippen molar-refractivity contribution >= 4 is 0 Å². The van der Waals surface area contributed by atoms with E-state index in [9.17, 15) is 5.11 Å². The van der Waals surface area contributed by atoms with Gasteiger partial charge in [-0.15, -0.1) is 0 Å². The Hall–Kier alpha value is -1.80. The van der Waals surface area contributed by atoms with Crippen LogP contribution in [0.2, 0.25) is 0 Å². The van der Waals surface area contributed by atoms with E-state index in [-0.39, 0.29) is 0 Å². The van der Waals surface area contributed by atoms with Crippen molar-refractivity contribution in [2.24, 2.45) is 0 Å². The third-order valence-corrected chi connectivity index (χ3v) is 3.11. The molecule has 2 aromatic rings. The standard InChI is InChI=1S/C17H20O2/c1-13-8-9-16(14(2)18)17(12-13)19-11-10-15-6-4-3-5-7-15/h3-9,12,14,18H,10-11H2,1-2H3/t14-/m1/s1. The number of aliphatic hydroxyl groups is 1. The Kier molecular flexibility index (Phi) is 4.58. The first-order valence-corrected chi connectivity index (χ1v) is 6.62. The van der Waals surface area contributed by atoms with Gasteiger partial charge in [0.1, 0.15) is 5.75 Å². The van der Waals surface area contributed by atoms with Gasteiger partial charge >= 0.3 is 0 Å². The van der Waals surface area contributed by atoms with E-state index < -0.39 is 6.10 Å². The van der Waals surface area contributed by atoms with E-state index in [1.165, 1.54) is 5.56 Å². The highest BCUT2D eigenvalue weighted by Gasteiger charge is 2.09. The molecular formula is C17H20O2. The number of ether oxygens (including phenoxy) is 1. The Bertz CT molecular complexity index is 518. The van der Waals surface area contributed by atoms with Gasteiger partial charge in [-0.05, 0) is 31.0 Å². The highest BCUT2D eigenvalue weighted by atomic mass is 16.5. The number of rotatable bonds is 5. The summed E-state index contributed by atoms with van der Waals surface area (Å²) in [5.41, 5.74) is 3.24. The lowest BCUT2D eigenvalue weighted by molar-refractivity contribution is 0.191. The van der Waals surface area contributed by atoms with Crippen LogP contribution in [-0.2, 0) is 6.42 Å². The number of hydrogen-bond acceptors (Lipinski definition) is 2. The molecule has 2 nitrogen and oxygen atoms in total. The van der Waals surface area contributed by atoms with Gasteiger partial charge in [-0.25, -0.2) is 0 Å².